The van der Waals surface area contributed by atoms with E-state index in [1.165, 1.54) is 19.3 Å². The van der Waals surface area contributed by atoms with Crippen LogP contribution >= 0.6 is 0 Å². The summed E-state index contributed by atoms with van der Waals surface area (Å²) in [4.78, 5) is 4.93. The lowest BCUT2D eigenvalue weighted by atomic mass is 10.1. The van der Waals surface area contributed by atoms with Crippen molar-refractivity contribution in [1.82, 2.24) is 15.1 Å². The maximum absolute atomic E-state index is 3.68. The molecule has 2 unspecified atom stereocenters. The first-order valence-corrected chi connectivity index (χ1v) is 7.22. The molecule has 0 aliphatic heterocycles. The average molecular weight is 241 g/mol. The van der Waals surface area contributed by atoms with E-state index < -0.39 is 0 Å². The van der Waals surface area contributed by atoms with Gasteiger partial charge < -0.3 is 10.2 Å². The van der Waals surface area contributed by atoms with Gasteiger partial charge >= 0.3 is 0 Å². The minimum atomic E-state index is 0.640. The lowest BCUT2D eigenvalue weighted by molar-refractivity contribution is 0.122. The summed E-state index contributed by atoms with van der Waals surface area (Å²) in [5, 5.41) is 3.68. The Morgan fingerprint density at radius 2 is 1.88 bits per heavy atom. The van der Waals surface area contributed by atoms with Crippen LogP contribution in [0.15, 0.2) is 0 Å². The molecule has 3 nitrogen and oxygen atoms in total. The van der Waals surface area contributed by atoms with Crippen molar-refractivity contribution in [3.05, 3.63) is 0 Å². The van der Waals surface area contributed by atoms with Crippen molar-refractivity contribution in [3.8, 4) is 0 Å². The number of hydrogen-bond acceptors (Lipinski definition) is 3. The molecule has 2 atom stereocenters. The van der Waals surface area contributed by atoms with Gasteiger partial charge in [0.1, 0.15) is 0 Å². The maximum Gasteiger partial charge on any atom is 0.0221 e. The molecule has 1 rings (SSSR count). The van der Waals surface area contributed by atoms with Crippen LogP contribution in [-0.4, -0.2) is 61.7 Å². The largest absolute Gasteiger partial charge is 0.312 e. The van der Waals surface area contributed by atoms with Crippen LogP contribution in [0.5, 0.6) is 0 Å². The van der Waals surface area contributed by atoms with Crippen molar-refractivity contribution in [2.45, 2.75) is 58.2 Å². The van der Waals surface area contributed by atoms with Crippen molar-refractivity contribution >= 4 is 0 Å². The van der Waals surface area contributed by atoms with Gasteiger partial charge in [-0.2, -0.15) is 0 Å². The van der Waals surface area contributed by atoms with Crippen molar-refractivity contribution in [2.24, 2.45) is 0 Å². The zero-order valence-corrected chi connectivity index (χ0v) is 12.4. The molecule has 1 fully saturated rings. The Kier molecular flexibility index (Phi) is 6.45. The Balaban J connectivity index is 2.41. The first-order valence-electron chi connectivity index (χ1n) is 7.22. The Bertz CT molecular complexity index is 202. The second-order valence-corrected chi connectivity index (χ2v) is 5.69. The summed E-state index contributed by atoms with van der Waals surface area (Å²) in [6, 6.07) is 2.16. The van der Waals surface area contributed by atoms with Gasteiger partial charge in [-0.3, -0.25) is 4.90 Å². The Hall–Kier alpha value is -0.120. The number of hydrogen-bond donors (Lipinski definition) is 1. The molecule has 0 aromatic heterocycles. The molecule has 0 aromatic carbocycles. The first kappa shape index (κ1) is 14.9. The second kappa shape index (κ2) is 7.34. The Labute approximate surface area is 108 Å². The van der Waals surface area contributed by atoms with Crippen LogP contribution in [0.3, 0.4) is 0 Å². The van der Waals surface area contributed by atoms with Crippen molar-refractivity contribution in [2.75, 3.05) is 33.7 Å². The monoisotopic (exact) mass is 241 g/mol. The summed E-state index contributed by atoms with van der Waals surface area (Å²) >= 11 is 0. The van der Waals surface area contributed by atoms with Gasteiger partial charge in [0.25, 0.3) is 0 Å². The predicted molar refractivity (Wildman–Crippen MR) is 75.5 cm³/mol. The Morgan fingerprint density at radius 1 is 1.24 bits per heavy atom. The molecule has 1 aliphatic carbocycles. The third-order valence-electron chi connectivity index (χ3n) is 3.72. The highest BCUT2D eigenvalue weighted by molar-refractivity contribution is 4.85. The van der Waals surface area contributed by atoms with Crippen LogP contribution in [0.2, 0.25) is 0 Å². The van der Waals surface area contributed by atoms with E-state index in [1.54, 1.807) is 0 Å². The molecule has 102 valence electrons. The van der Waals surface area contributed by atoms with Crippen LogP contribution < -0.4 is 5.32 Å². The highest BCUT2D eigenvalue weighted by Gasteiger charge is 2.25. The molecule has 0 saturated heterocycles. The number of rotatable bonds is 9. The van der Waals surface area contributed by atoms with Crippen LogP contribution in [0.4, 0.5) is 0 Å². The van der Waals surface area contributed by atoms with Gasteiger partial charge in [0, 0.05) is 31.2 Å². The SMILES string of the molecule is CCC(CNC1CC1)N(CC)C(C)CN(C)C. The van der Waals surface area contributed by atoms with E-state index in [-0.39, 0.29) is 0 Å². The van der Waals surface area contributed by atoms with Crippen molar-refractivity contribution < 1.29 is 0 Å². The summed E-state index contributed by atoms with van der Waals surface area (Å²) in [7, 11) is 4.32. The highest BCUT2D eigenvalue weighted by Crippen LogP contribution is 2.19. The lowest BCUT2D eigenvalue weighted by Gasteiger charge is -2.36. The summed E-state index contributed by atoms with van der Waals surface area (Å²) in [5.74, 6) is 0. The van der Waals surface area contributed by atoms with Gasteiger partial charge in [0.2, 0.25) is 0 Å². The van der Waals surface area contributed by atoms with Crippen molar-refractivity contribution in [3.63, 3.8) is 0 Å². The quantitative estimate of drug-likeness (QED) is 0.664. The molecule has 1 saturated carbocycles. The van der Waals surface area contributed by atoms with Crippen molar-refractivity contribution in [1.29, 1.82) is 0 Å². The highest BCUT2D eigenvalue weighted by atomic mass is 15.2. The van der Waals surface area contributed by atoms with Crippen LogP contribution in [0.25, 0.3) is 0 Å². The van der Waals surface area contributed by atoms with Gasteiger partial charge in [-0.1, -0.05) is 13.8 Å². The molecule has 17 heavy (non-hydrogen) atoms. The summed E-state index contributed by atoms with van der Waals surface area (Å²) in [6.07, 6.45) is 4.01. The third-order valence-corrected chi connectivity index (χ3v) is 3.72. The summed E-state index contributed by atoms with van der Waals surface area (Å²) in [5.41, 5.74) is 0. The first-order chi connectivity index (χ1) is 8.08. The van der Waals surface area contributed by atoms with E-state index >= 15 is 0 Å². The van der Waals surface area contributed by atoms with E-state index in [0.29, 0.717) is 12.1 Å². The minimum Gasteiger partial charge on any atom is -0.312 e. The van der Waals surface area contributed by atoms with E-state index in [4.69, 9.17) is 0 Å². The Morgan fingerprint density at radius 3 is 2.29 bits per heavy atom. The standard InChI is InChI=1S/C14H31N3/c1-6-14(10-15-13-8-9-13)17(7-2)12(3)11-16(4)5/h12-15H,6-11H2,1-5H3. The molecular weight excluding hydrogens is 210 g/mol. The van der Waals surface area contributed by atoms with E-state index in [9.17, 15) is 0 Å². The van der Waals surface area contributed by atoms with E-state index in [1.807, 2.05) is 0 Å². The molecule has 0 bridgehead atoms. The van der Waals surface area contributed by atoms with Crippen LogP contribution in [-0.2, 0) is 0 Å². The fourth-order valence-electron chi connectivity index (χ4n) is 2.65. The van der Waals surface area contributed by atoms with Gasteiger partial charge in [-0.05, 0) is 46.8 Å². The van der Waals surface area contributed by atoms with Gasteiger partial charge in [-0.25, -0.2) is 0 Å². The average Bonchev–Trinajstić information content (AvgIpc) is 3.06. The second-order valence-electron chi connectivity index (χ2n) is 5.69. The van der Waals surface area contributed by atoms with Gasteiger partial charge in [0.05, 0.1) is 0 Å². The summed E-state index contributed by atoms with van der Waals surface area (Å²) < 4.78 is 0. The van der Waals surface area contributed by atoms with E-state index in [0.717, 1.165) is 25.7 Å². The number of likely N-dealkylation sites (N-methyl/N-ethyl adjacent to an activating group) is 2. The molecule has 0 amide bonds. The normalized spacial score (nSPS) is 19.9. The molecular formula is C14H31N3. The zero-order chi connectivity index (χ0) is 12.8. The molecule has 0 radical (unpaired) electrons. The fourth-order valence-corrected chi connectivity index (χ4v) is 2.65. The molecule has 0 spiro atoms. The fraction of sp³-hybridized carbons (Fsp3) is 1.00. The minimum absolute atomic E-state index is 0.640. The zero-order valence-electron chi connectivity index (χ0n) is 12.4. The smallest absolute Gasteiger partial charge is 0.0221 e. The maximum atomic E-state index is 3.68. The van der Waals surface area contributed by atoms with Crippen LogP contribution in [0.1, 0.15) is 40.0 Å². The predicted octanol–water partition coefficient (Wildman–Crippen LogP) is 1.79. The molecule has 1 N–H and O–H groups in total. The van der Waals surface area contributed by atoms with Gasteiger partial charge in [-0.15, -0.1) is 0 Å². The van der Waals surface area contributed by atoms with E-state index in [2.05, 4.69) is 50.0 Å². The molecule has 0 aromatic rings. The number of nitrogens with zero attached hydrogens (tertiary/aromatic N) is 2. The summed E-state index contributed by atoms with van der Waals surface area (Å²) in [6.45, 7) is 10.4. The third kappa shape index (κ3) is 5.36. The molecule has 0 heterocycles. The van der Waals surface area contributed by atoms with Crippen LogP contribution in [0, 0.1) is 0 Å². The molecule has 3 heteroatoms. The lowest BCUT2D eigenvalue weighted by Crippen LogP contribution is -2.49. The molecule has 1 aliphatic rings. The van der Waals surface area contributed by atoms with Gasteiger partial charge in [0.15, 0.2) is 0 Å². The number of nitrogens with one attached hydrogen (secondary N) is 1. The topological polar surface area (TPSA) is 18.5 Å².